The van der Waals surface area contributed by atoms with E-state index in [-0.39, 0.29) is 25.7 Å². The van der Waals surface area contributed by atoms with Crippen LogP contribution < -0.4 is 0 Å². The third kappa shape index (κ3) is 62.8. The molecule has 0 radical (unpaired) electrons. The molecule has 2 unspecified atom stereocenters. The van der Waals surface area contributed by atoms with Crippen LogP contribution in [0.5, 0.6) is 0 Å². The van der Waals surface area contributed by atoms with Gasteiger partial charge in [0.05, 0.1) is 26.4 Å². The van der Waals surface area contributed by atoms with Crippen LogP contribution >= 0.6 is 15.6 Å². The van der Waals surface area contributed by atoms with Crippen LogP contribution in [0, 0.1) is 11.8 Å². The number of hydrogen-bond acceptors (Lipinski definition) is 15. The first-order valence-corrected chi connectivity index (χ1v) is 39.0. The zero-order chi connectivity index (χ0) is 65.0. The first kappa shape index (κ1) is 86.1. The van der Waals surface area contributed by atoms with Crippen molar-refractivity contribution in [2.45, 2.75) is 368 Å². The summed E-state index contributed by atoms with van der Waals surface area (Å²) >= 11 is 0. The molecule has 0 aliphatic heterocycles. The molecule has 17 nitrogen and oxygen atoms in total. The summed E-state index contributed by atoms with van der Waals surface area (Å²) in [4.78, 5) is 72.4. The second kappa shape index (κ2) is 61.3. The van der Waals surface area contributed by atoms with Gasteiger partial charge in [-0.05, 0) is 37.5 Å². The Labute approximate surface area is 537 Å². The number of phosphoric ester groups is 2. The fourth-order valence-corrected chi connectivity index (χ4v) is 12.0. The summed E-state index contributed by atoms with van der Waals surface area (Å²) in [5.41, 5.74) is 0. The maximum absolute atomic E-state index is 13.0. The van der Waals surface area contributed by atoms with Crippen LogP contribution in [0.2, 0.25) is 0 Å². The van der Waals surface area contributed by atoms with E-state index in [1.165, 1.54) is 167 Å². The number of aliphatic hydroxyl groups is 1. The van der Waals surface area contributed by atoms with E-state index in [1.54, 1.807) is 0 Å². The molecule has 19 heteroatoms. The minimum atomic E-state index is -4.95. The molecule has 0 saturated carbocycles. The Balaban J connectivity index is 5.21. The van der Waals surface area contributed by atoms with E-state index in [4.69, 9.17) is 37.0 Å². The molecule has 0 aromatic carbocycles. The average Bonchev–Trinajstić information content (AvgIpc) is 3.63. The molecular weight excluding hydrogens is 1160 g/mol. The van der Waals surface area contributed by atoms with Gasteiger partial charge in [0.2, 0.25) is 0 Å². The third-order valence-corrected chi connectivity index (χ3v) is 17.9. The molecule has 0 aliphatic rings. The highest BCUT2D eigenvalue weighted by atomic mass is 31.2. The molecule has 0 fully saturated rings. The lowest BCUT2D eigenvalue weighted by molar-refractivity contribution is -0.161. The number of carbonyl (C=O) groups excluding carboxylic acids is 4. The highest BCUT2D eigenvalue weighted by Crippen LogP contribution is 2.45. The minimum absolute atomic E-state index is 0.106. The molecule has 0 aromatic rings. The molecular formula is C69H134O17P2. The Morgan fingerprint density at radius 1 is 0.307 bits per heavy atom. The third-order valence-electron chi connectivity index (χ3n) is 16.0. The van der Waals surface area contributed by atoms with Gasteiger partial charge in [0.25, 0.3) is 0 Å². The van der Waals surface area contributed by atoms with Crippen molar-refractivity contribution in [3.63, 3.8) is 0 Å². The fourth-order valence-electron chi connectivity index (χ4n) is 10.4. The summed E-state index contributed by atoms with van der Waals surface area (Å²) in [7, 11) is -9.89. The molecule has 0 amide bonds. The molecule has 88 heavy (non-hydrogen) atoms. The van der Waals surface area contributed by atoms with E-state index >= 15 is 0 Å². The predicted molar refractivity (Wildman–Crippen MR) is 354 cm³/mol. The molecule has 0 aromatic heterocycles. The molecule has 0 spiro atoms. The van der Waals surface area contributed by atoms with Crippen molar-refractivity contribution in [2.75, 3.05) is 39.6 Å². The van der Waals surface area contributed by atoms with Crippen LogP contribution in [-0.4, -0.2) is 96.7 Å². The highest BCUT2D eigenvalue weighted by molar-refractivity contribution is 7.47. The number of rotatable bonds is 68. The van der Waals surface area contributed by atoms with Gasteiger partial charge in [0.15, 0.2) is 12.2 Å². The van der Waals surface area contributed by atoms with Crippen molar-refractivity contribution in [3.8, 4) is 0 Å². The summed E-state index contributed by atoms with van der Waals surface area (Å²) in [6.07, 6.45) is 45.8. The van der Waals surface area contributed by atoms with Crippen LogP contribution in [0.3, 0.4) is 0 Å². The lowest BCUT2D eigenvalue weighted by Gasteiger charge is -2.21. The van der Waals surface area contributed by atoms with Crippen LogP contribution in [0.4, 0.5) is 0 Å². The largest absolute Gasteiger partial charge is 0.472 e. The summed E-state index contributed by atoms with van der Waals surface area (Å²) in [6, 6.07) is 0. The van der Waals surface area contributed by atoms with Crippen molar-refractivity contribution >= 4 is 39.5 Å². The van der Waals surface area contributed by atoms with E-state index in [0.29, 0.717) is 25.7 Å². The number of unbranched alkanes of at least 4 members (excludes halogenated alkanes) is 38. The summed E-state index contributed by atoms with van der Waals surface area (Å²) in [6.45, 7) is 9.52. The normalized spacial score (nSPS) is 14.2. The molecule has 0 rings (SSSR count). The second-order valence-corrected chi connectivity index (χ2v) is 28.8. The number of carbonyl (C=O) groups is 4. The van der Waals surface area contributed by atoms with Crippen LogP contribution in [0.1, 0.15) is 350 Å². The van der Waals surface area contributed by atoms with Gasteiger partial charge < -0.3 is 33.8 Å². The van der Waals surface area contributed by atoms with Crippen molar-refractivity contribution < 1.29 is 80.2 Å². The maximum atomic E-state index is 13.0. The van der Waals surface area contributed by atoms with E-state index in [9.17, 15) is 43.2 Å². The first-order chi connectivity index (χ1) is 42.4. The van der Waals surface area contributed by atoms with Gasteiger partial charge in [-0.1, -0.05) is 298 Å². The van der Waals surface area contributed by atoms with Crippen molar-refractivity contribution in [3.05, 3.63) is 0 Å². The van der Waals surface area contributed by atoms with Gasteiger partial charge in [0, 0.05) is 25.7 Å². The summed E-state index contributed by atoms with van der Waals surface area (Å²) in [5, 5.41) is 10.6. The fraction of sp³-hybridized carbons (Fsp3) is 0.942. The van der Waals surface area contributed by atoms with Crippen molar-refractivity contribution in [2.24, 2.45) is 11.8 Å². The zero-order valence-electron chi connectivity index (χ0n) is 57.0. The summed E-state index contributed by atoms with van der Waals surface area (Å²) in [5.74, 6) is -0.574. The van der Waals surface area contributed by atoms with Crippen LogP contribution in [0.15, 0.2) is 0 Å². The zero-order valence-corrected chi connectivity index (χ0v) is 58.8. The topological polar surface area (TPSA) is 237 Å². The molecule has 522 valence electrons. The number of esters is 4. The van der Waals surface area contributed by atoms with Crippen LogP contribution in [-0.2, 0) is 65.4 Å². The molecule has 0 heterocycles. The van der Waals surface area contributed by atoms with Gasteiger partial charge >= 0.3 is 39.5 Å². The molecule has 0 bridgehead atoms. The maximum Gasteiger partial charge on any atom is 0.472 e. The minimum Gasteiger partial charge on any atom is -0.462 e. The van der Waals surface area contributed by atoms with Crippen LogP contribution in [0.25, 0.3) is 0 Å². The molecule has 5 atom stereocenters. The Hall–Kier alpha value is -1.94. The van der Waals surface area contributed by atoms with Gasteiger partial charge in [-0.2, -0.15) is 0 Å². The lowest BCUT2D eigenvalue weighted by Crippen LogP contribution is -2.30. The number of hydrogen-bond donors (Lipinski definition) is 3. The van der Waals surface area contributed by atoms with E-state index < -0.39 is 97.5 Å². The number of ether oxygens (including phenoxy) is 4. The van der Waals surface area contributed by atoms with E-state index in [0.717, 1.165) is 102 Å². The van der Waals surface area contributed by atoms with Gasteiger partial charge in [-0.3, -0.25) is 37.3 Å². The Bertz CT molecular complexity index is 1720. The van der Waals surface area contributed by atoms with Gasteiger partial charge in [-0.15, -0.1) is 0 Å². The average molecular weight is 1300 g/mol. The Kier molecular flexibility index (Phi) is 59.9. The number of phosphoric acid groups is 2. The lowest BCUT2D eigenvalue weighted by atomic mass is 10.0. The Morgan fingerprint density at radius 2 is 0.523 bits per heavy atom. The van der Waals surface area contributed by atoms with Crippen molar-refractivity contribution in [1.29, 1.82) is 0 Å². The predicted octanol–water partition coefficient (Wildman–Crippen LogP) is 19.6. The second-order valence-electron chi connectivity index (χ2n) is 25.9. The standard InChI is InChI=1S/C69H134O17P2/c1-7-9-11-13-15-25-33-39-45-51-66(71)79-57-64(85-68(73)53-47-41-35-26-16-14-12-10-8-2)59-83-87(75,76)81-55-63(70)56-82-88(77,78)84-60-65(58-80-67(72)52-46-40-34-29-24-23-28-32-38-44-50-62(5)6)86-69(74)54-48-42-36-30-22-20-18-17-19-21-27-31-37-43-49-61(3)4/h61-65,70H,7-60H2,1-6H3,(H,75,76)(H,77,78)/t63-,64+,65+/m0/s1. The monoisotopic (exact) mass is 1300 g/mol. The first-order valence-electron chi connectivity index (χ1n) is 36.0. The number of aliphatic hydroxyl groups excluding tert-OH is 1. The molecule has 0 aliphatic carbocycles. The molecule has 0 saturated heterocycles. The van der Waals surface area contributed by atoms with Gasteiger partial charge in [-0.25, -0.2) is 9.13 Å². The van der Waals surface area contributed by atoms with Gasteiger partial charge in [0.1, 0.15) is 19.3 Å². The molecule has 3 N–H and O–H groups in total. The van der Waals surface area contributed by atoms with E-state index in [1.807, 2.05) is 0 Å². The highest BCUT2D eigenvalue weighted by Gasteiger charge is 2.30. The van der Waals surface area contributed by atoms with E-state index in [2.05, 4.69) is 41.5 Å². The van der Waals surface area contributed by atoms with Crippen molar-refractivity contribution in [1.82, 2.24) is 0 Å². The Morgan fingerprint density at radius 3 is 0.773 bits per heavy atom. The smallest absolute Gasteiger partial charge is 0.462 e. The SMILES string of the molecule is CCCCCCCCCCCC(=O)OC[C@H](COP(=O)(O)OC[C@H](O)COP(=O)(O)OC[C@@H](COC(=O)CCCCCCCCCCCCC(C)C)OC(=O)CCCCCCCCCCCCCCCCC(C)C)OC(=O)CCCCCCCCCCC. The summed E-state index contributed by atoms with van der Waals surface area (Å²) < 4.78 is 68.2. The quantitative estimate of drug-likeness (QED) is 0.0222.